The van der Waals surface area contributed by atoms with Gasteiger partial charge in [0.2, 0.25) is 0 Å². The molecule has 0 radical (unpaired) electrons. The van der Waals surface area contributed by atoms with Crippen molar-refractivity contribution in [3.05, 3.63) is 99.7 Å². The molecule has 0 heterocycles. The van der Waals surface area contributed by atoms with Crippen molar-refractivity contribution in [3.63, 3.8) is 0 Å². The van der Waals surface area contributed by atoms with E-state index in [0.717, 1.165) is 12.0 Å². The Morgan fingerprint density at radius 2 is 1.70 bits per heavy atom. The van der Waals surface area contributed by atoms with E-state index in [2.05, 4.69) is 89.2 Å². The molecular weight excluding hydrogens is 366 g/mol. The molecule has 0 aromatic heterocycles. The monoisotopic (exact) mass is 399 g/mol. The molecule has 2 N–H and O–H groups in total. The first-order valence-electron chi connectivity index (χ1n) is 10.5. The van der Waals surface area contributed by atoms with E-state index in [1.165, 1.54) is 33.4 Å². The highest BCUT2D eigenvalue weighted by atomic mass is 15.0. The van der Waals surface area contributed by atoms with Crippen LogP contribution in [0.4, 0.5) is 0 Å². The molecule has 0 saturated heterocycles. The lowest BCUT2D eigenvalue weighted by Crippen LogP contribution is -2.00. The summed E-state index contributed by atoms with van der Waals surface area (Å²) in [6.07, 6.45) is 9.56. The number of benzene rings is 2. The van der Waals surface area contributed by atoms with Gasteiger partial charge in [-0.2, -0.15) is 0 Å². The first kappa shape index (κ1) is 23.2. The molecule has 156 valence electrons. The number of aryl methyl sites for hydroxylation is 4. The van der Waals surface area contributed by atoms with E-state index >= 15 is 0 Å². The third-order valence-corrected chi connectivity index (χ3v) is 5.67. The van der Waals surface area contributed by atoms with Crippen molar-refractivity contribution < 1.29 is 0 Å². The smallest absolute Gasteiger partial charge is 0.173 e. The van der Waals surface area contributed by atoms with Gasteiger partial charge in [0.15, 0.2) is 5.84 Å². The molecule has 3 rings (SSSR count). The molecule has 2 aromatic rings. The lowest BCUT2D eigenvalue weighted by atomic mass is 9.90. The third kappa shape index (κ3) is 5.73. The van der Waals surface area contributed by atoms with Gasteiger partial charge in [0.25, 0.3) is 0 Å². The second-order valence-corrected chi connectivity index (χ2v) is 7.90. The first-order chi connectivity index (χ1) is 14.3. The van der Waals surface area contributed by atoms with Gasteiger partial charge < -0.3 is 0 Å². The fourth-order valence-electron chi connectivity index (χ4n) is 3.57. The molecular formula is C27H33N3. The van der Waals surface area contributed by atoms with Crippen LogP contribution in [0.25, 0.3) is 5.57 Å². The SMILES string of the molecule is CC1=C(c2cc(C(=N)N=N)ccc2C)C=CC=CC1C.CCc1ccc(C)cc1C. The molecule has 1 atom stereocenters. The van der Waals surface area contributed by atoms with Crippen LogP contribution in [-0.4, -0.2) is 5.84 Å². The quantitative estimate of drug-likeness (QED) is 0.301. The Kier molecular flexibility index (Phi) is 8.23. The maximum atomic E-state index is 7.69. The van der Waals surface area contributed by atoms with Gasteiger partial charge in [-0.15, -0.1) is 5.11 Å². The summed E-state index contributed by atoms with van der Waals surface area (Å²) < 4.78 is 0. The van der Waals surface area contributed by atoms with E-state index in [1.54, 1.807) is 0 Å². The van der Waals surface area contributed by atoms with Crippen LogP contribution in [0.5, 0.6) is 0 Å². The Balaban J connectivity index is 0.000000269. The third-order valence-electron chi connectivity index (χ3n) is 5.67. The van der Waals surface area contributed by atoms with E-state index in [4.69, 9.17) is 10.9 Å². The predicted octanol–water partition coefficient (Wildman–Crippen LogP) is 7.75. The molecule has 0 spiro atoms. The standard InChI is InChI=1S/C17H19N3.C10H14/c1-11-6-4-5-7-15(13(11)3)16-10-14(17(18)20-19)9-8-12(16)2;1-4-10-6-5-8(2)7-9(10)3/h4-11,18-19H,1-3H3;5-7H,4H2,1-3H3. The summed E-state index contributed by atoms with van der Waals surface area (Å²) in [5.41, 5.74) is 16.7. The van der Waals surface area contributed by atoms with Crippen LogP contribution in [-0.2, 0) is 6.42 Å². The second-order valence-electron chi connectivity index (χ2n) is 7.90. The number of nitrogens with zero attached hydrogens (tertiary/aromatic N) is 1. The number of hydrogen-bond acceptors (Lipinski definition) is 2. The summed E-state index contributed by atoms with van der Waals surface area (Å²) in [5, 5.41) is 10.9. The predicted molar refractivity (Wildman–Crippen MR) is 128 cm³/mol. The van der Waals surface area contributed by atoms with Crippen LogP contribution in [0.2, 0.25) is 0 Å². The molecule has 0 aliphatic heterocycles. The summed E-state index contributed by atoms with van der Waals surface area (Å²) in [7, 11) is 0. The highest BCUT2D eigenvalue weighted by molar-refractivity contribution is 5.97. The normalized spacial score (nSPS) is 15.3. The second kappa shape index (κ2) is 10.6. The largest absolute Gasteiger partial charge is 0.281 e. The van der Waals surface area contributed by atoms with Gasteiger partial charge in [-0.05, 0) is 73.9 Å². The zero-order chi connectivity index (χ0) is 22.3. The molecule has 1 unspecified atom stereocenters. The first-order valence-corrected chi connectivity index (χ1v) is 10.5. The van der Waals surface area contributed by atoms with Gasteiger partial charge in [-0.25, -0.2) is 5.53 Å². The van der Waals surface area contributed by atoms with Crippen LogP contribution >= 0.6 is 0 Å². The minimum Gasteiger partial charge on any atom is -0.281 e. The molecule has 0 fully saturated rings. The zero-order valence-corrected chi connectivity index (χ0v) is 19.0. The molecule has 30 heavy (non-hydrogen) atoms. The Labute approximate surface area is 181 Å². The van der Waals surface area contributed by atoms with E-state index in [1.807, 2.05) is 18.2 Å². The molecule has 1 aliphatic rings. The fourth-order valence-corrected chi connectivity index (χ4v) is 3.57. The summed E-state index contributed by atoms with van der Waals surface area (Å²) in [6, 6.07) is 12.4. The van der Waals surface area contributed by atoms with Crippen molar-refractivity contribution in [2.45, 2.75) is 48.0 Å². The highest BCUT2D eigenvalue weighted by Gasteiger charge is 2.13. The molecule has 3 heteroatoms. The molecule has 0 amide bonds. The van der Waals surface area contributed by atoms with Crippen LogP contribution in [0.3, 0.4) is 0 Å². The van der Waals surface area contributed by atoms with Crippen molar-refractivity contribution in [3.8, 4) is 0 Å². The van der Waals surface area contributed by atoms with Crippen LogP contribution in [0, 0.1) is 37.6 Å². The maximum Gasteiger partial charge on any atom is 0.173 e. The Bertz CT molecular complexity index is 1020. The van der Waals surface area contributed by atoms with E-state index in [0.29, 0.717) is 11.5 Å². The molecule has 0 bridgehead atoms. The number of rotatable bonds is 3. The van der Waals surface area contributed by atoms with Crippen LogP contribution < -0.4 is 0 Å². The van der Waals surface area contributed by atoms with Gasteiger partial charge in [0.05, 0.1) is 0 Å². The van der Waals surface area contributed by atoms with E-state index in [9.17, 15) is 0 Å². The van der Waals surface area contributed by atoms with Gasteiger partial charge in [-0.1, -0.05) is 79.6 Å². The number of hydrogen-bond donors (Lipinski definition) is 2. The molecule has 3 nitrogen and oxygen atoms in total. The van der Waals surface area contributed by atoms with Gasteiger partial charge >= 0.3 is 0 Å². The molecule has 2 aromatic carbocycles. The summed E-state index contributed by atoms with van der Waals surface area (Å²) in [6.45, 7) is 12.9. The lowest BCUT2D eigenvalue weighted by Gasteiger charge is -2.15. The highest BCUT2D eigenvalue weighted by Crippen LogP contribution is 2.30. The Morgan fingerprint density at radius 1 is 0.967 bits per heavy atom. The number of allylic oxidation sites excluding steroid dienone is 6. The molecule has 1 aliphatic carbocycles. The van der Waals surface area contributed by atoms with Gasteiger partial charge in [0, 0.05) is 5.56 Å². The topological polar surface area (TPSA) is 60.1 Å². The summed E-state index contributed by atoms with van der Waals surface area (Å²) in [4.78, 5) is 0. The van der Waals surface area contributed by atoms with Crippen molar-refractivity contribution in [2.24, 2.45) is 11.0 Å². The van der Waals surface area contributed by atoms with E-state index in [-0.39, 0.29) is 5.84 Å². The average molecular weight is 400 g/mol. The van der Waals surface area contributed by atoms with Crippen molar-refractivity contribution in [2.75, 3.05) is 0 Å². The van der Waals surface area contributed by atoms with E-state index < -0.39 is 0 Å². The minimum atomic E-state index is -0.00622. The number of nitrogens with one attached hydrogen (secondary N) is 2. The summed E-state index contributed by atoms with van der Waals surface area (Å²) >= 11 is 0. The van der Waals surface area contributed by atoms with Crippen LogP contribution in [0.1, 0.15) is 54.2 Å². The average Bonchev–Trinajstić information content (AvgIpc) is 2.89. The van der Waals surface area contributed by atoms with Gasteiger partial charge in [0.1, 0.15) is 0 Å². The van der Waals surface area contributed by atoms with Crippen molar-refractivity contribution in [1.82, 2.24) is 0 Å². The van der Waals surface area contributed by atoms with Gasteiger partial charge in [-0.3, -0.25) is 5.41 Å². The molecule has 0 saturated carbocycles. The van der Waals surface area contributed by atoms with Crippen LogP contribution in [0.15, 0.2) is 71.4 Å². The minimum absolute atomic E-state index is 0.00622. The summed E-state index contributed by atoms with van der Waals surface area (Å²) in [5.74, 6) is 0.386. The maximum absolute atomic E-state index is 7.69. The van der Waals surface area contributed by atoms with Crippen molar-refractivity contribution >= 4 is 11.4 Å². The zero-order valence-electron chi connectivity index (χ0n) is 19.0. The Hall–Kier alpha value is -3.07. The number of amidine groups is 1. The Morgan fingerprint density at radius 3 is 2.33 bits per heavy atom. The fraction of sp³-hybridized carbons (Fsp3) is 0.296. The lowest BCUT2D eigenvalue weighted by molar-refractivity contribution is 0.869. The van der Waals surface area contributed by atoms with Crippen molar-refractivity contribution in [1.29, 1.82) is 10.9 Å².